The van der Waals surface area contributed by atoms with Crippen LogP contribution in [0.5, 0.6) is 5.75 Å². The number of aromatic nitrogens is 3. The summed E-state index contributed by atoms with van der Waals surface area (Å²) in [5.41, 5.74) is 2.02. The molecule has 26 heavy (non-hydrogen) atoms. The normalized spacial score (nSPS) is 12.0. The Morgan fingerprint density at radius 1 is 0.923 bits per heavy atom. The molecule has 0 radical (unpaired) electrons. The van der Waals surface area contributed by atoms with E-state index in [4.69, 9.17) is 11.6 Å². The third-order valence-electron chi connectivity index (χ3n) is 4.15. The summed E-state index contributed by atoms with van der Waals surface area (Å²) in [4.78, 5) is 12.7. The first-order valence-corrected chi connectivity index (χ1v) is 8.45. The molecule has 3 aromatic heterocycles. The smallest absolute Gasteiger partial charge is 0.147 e. The van der Waals surface area contributed by atoms with Gasteiger partial charge in [-0.25, -0.2) is 4.98 Å². The molecule has 0 aliphatic carbocycles. The van der Waals surface area contributed by atoms with Crippen LogP contribution in [0.4, 0.5) is 5.82 Å². The molecule has 4 rings (SSSR count). The Hall–Kier alpha value is -3.18. The summed E-state index contributed by atoms with van der Waals surface area (Å²) in [7, 11) is 0. The van der Waals surface area contributed by atoms with Crippen molar-refractivity contribution >= 4 is 28.3 Å². The zero-order valence-electron chi connectivity index (χ0n) is 13.7. The molecule has 0 aliphatic rings. The van der Waals surface area contributed by atoms with Crippen molar-refractivity contribution in [2.75, 3.05) is 5.32 Å². The molecular weight excluding hydrogens is 348 g/mol. The highest BCUT2D eigenvalue weighted by Gasteiger charge is 2.22. The van der Waals surface area contributed by atoms with Gasteiger partial charge in [0.25, 0.3) is 0 Å². The minimum Gasteiger partial charge on any atom is -0.505 e. The summed E-state index contributed by atoms with van der Waals surface area (Å²) in [6.07, 6.45) is 6.76. The molecule has 1 unspecified atom stereocenters. The fraction of sp³-hybridized carbons (Fsp3) is 0.0500. The Balaban J connectivity index is 1.89. The Labute approximate surface area is 155 Å². The molecule has 2 N–H and O–H groups in total. The van der Waals surface area contributed by atoms with Crippen LogP contribution in [0, 0.1) is 0 Å². The maximum atomic E-state index is 10.9. The molecule has 5 nitrogen and oxygen atoms in total. The van der Waals surface area contributed by atoms with Gasteiger partial charge >= 0.3 is 0 Å². The average molecular weight is 363 g/mol. The van der Waals surface area contributed by atoms with E-state index in [0.29, 0.717) is 27.3 Å². The molecule has 3 heterocycles. The monoisotopic (exact) mass is 362 g/mol. The lowest BCUT2D eigenvalue weighted by Crippen LogP contribution is -2.14. The number of phenols is 1. The van der Waals surface area contributed by atoms with E-state index in [2.05, 4.69) is 20.3 Å². The van der Waals surface area contributed by atoms with Crippen LogP contribution in [0.3, 0.4) is 0 Å². The number of nitrogens with one attached hydrogen (secondary N) is 1. The van der Waals surface area contributed by atoms with Crippen LogP contribution in [-0.4, -0.2) is 20.1 Å². The van der Waals surface area contributed by atoms with Crippen molar-refractivity contribution in [3.63, 3.8) is 0 Å². The van der Waals surface area contributed by atoms with Crippen molar-refractivity contribution in [1.82, 2.24) is 15.0 Å². The lowest BCUT2D eigenvalue weighted by molar-refractivity contribution is 0.471. The van der Waals surface area contributed by atoms with Crippen LogP contribution in [0.15, 0.2) is 73.3 Å². The molecule has 4 aromatic rings. The minimum absolute atomic E-state index is 0.0928. The van der Waals surface area contributed by atoms with E-state index in [1.54, 1.807) is 36.9 Å². The molecule has 0 bridgehead atoms. The maximum absolute atomic E-state index is 10.9. The van der Waals surface area contributed by atoms with Crippen molar-refractivity contribution in [2.24, 2.45) is 0 Å². The van der Waals surface area contributed by atoms with Gasteiger partial charge in [0.1, 0.15) is 17.1 Å². The second-order valence-electron chi connectivity index (χ2n) is 5.77. The zero-order chi connectivity index (χ0) is 17.9. The Bertz CT molecular complexity index is 1040. The van der Waals surface area contributed by atoms with E-state index in [1.165, 1.54) is 0 Å². The molecular formula is C20H15ClN4O. The van der Waals surface area contributed by atoms with Gasteiger partial charge in [0.2, 0.25) is 0 Å². The van der Waals surface area contributed by atoms with Crippen molar-refractivity contribution in [3.8, 4) is 5.75 Å². The molecule has 128 valence electrons. The van der Waals surface area contributed by atoms with E-state index >= 15 is 0 Å². The van der Waals surface area contributed by atoms with Gasteiger partial charge in [-0.2, -0.15) is 0 Å². The van der Waals surface area contributed by atoms with Crippen molar-refractivity contribution in [3.05, 3.63) is 89.5 Å². The van der Waals surface area contributed by atoms with Crippen LogP contribution in [0.1, 0.15) is 17.2 Å². The standard InChI is InChI=1S/C20H15ClN4O/c21-16-12-15(20(26)19-14(16)4-3-9-24-19)18(13-6-10-22-11-7-13)25-17-5-1-2-8-23-17/h1-12,18,26H,(H,23,25). The van der Waals surface area contributed by atoms with E-state index in [1.807, 2.05) is 36.4 Å². The highest BCUT2D eigenvalue weighted by molar-refractivity contribution is 6.35. The summed E-state index contributed by atoms with van der Waals surface area (Å²) in [5.74, 6) is 0.779. The van der Waals surface area contributed by atoms with Crippen LogP contribution >= 0.6 is 11.6 Å². The molecule has 0 aliphatic heterocycles. The molecule has 1 aromatic carbocycles. The van der Waals surface area contributed by atoms with Crippen molar-refractivity contribution < 1.29 is 5.11 Å². The topological polar surface area (TPSA) is 70.9 Å². The number of anilines is 1. The largest absolute Gasteiger partial charge is 0.505 e. The Morgan fingerprint density at radius 2 is 1.73 bits per heavy atom. The number of halogens is 1. The number of nitrogens with zero attached hydrogens (tertiary/aromatic N) is 3. The molecule has 0 saturated carbocycles. The highest BCUT2D eigenvalue weighted by Crippen LogP contribution is 2.39. The summed E-state index contributed by atoms with van der Waals surface area (Å²) in [6.45, 7) is 0. The first-order chi connectivity index (χ1) is 12.7. The summed E-state index contributed by atoms with van der Waals surface area (Å²) < 4.78 is 0. The minimum atomic E-state index is -0.364. The second kappa shape index (κ2) is 6.98. The zero-order valence-corrected chi connectivity index (χ0v) is 14.4. The van der Waals surface area contributed by atoms with E-state index < -0.39 is 0 Å². The number of benzene rings is 1. The number of fused-ring (bicyclic) bond motifs is 1. The predicted octanol–water partition coefficient (Wildman–Crippen LogP) is 4.59. The molecule has 0 saturated heterocycles. The number of hydrogen-bond acceptors (Lipinski definition) is 5. The van der Waals surface area contributed by atoms with Crippen LogP contribution in [0.2, 0.25) is 5.02 Å². The van der Waals surface area contributed by atoms with Gasteiger partial charge in [-0.15, -0.1) is 0 Å². The van der Waals surface area contributed by atoms with Gasteiger partial charge in [-0.1, -0.05) is 17.7 Å². The predicted molar refractivity (Wildman–Crippen MR) is 102 cm³/mol. The summed E-state index contributed by atoms with van der Waals surface area (Å²) >= 11 is 6.46. The summed E-state index contributed by atoms with van der Waals surface area (Å²) in [5, 5.41) is 15.5. The van der Waals surface area contributed by atoms with Gasteiger partial charge in [0.15, 0.2) is 0 Å². The van der Waals surface area contributed by atoms with Crippen molar-refractivity contribution in [1.29, 1.82) is 0 Å². The highest BCUT2D eigenvalue weighted by atomic mass is 35.5. The second-order valence-corrected chi connectivity index (χ2v) is 6.18. The van der Waals surface area contributed by atoms with Gasteiger partial charge in [-0.3, -0.25) is 9.97 Å². The fourth-order valence-electron chi connectivity index (χ4n) is 2.92. The molecule has 6 heteroatoms. The average Bonchev–Trinajstić information content (AvgIpc) is 2.71. The number of phenolic OH excluding ortho intramolecular Hbond substituents is 1. The summed E-state index contributed by atoms with van der Waals surface area (Å²) in [6, 6.07) is 14.4. The quantitative estimate of drug-likeness (QED) is 0.555. The Morgan fingerprint density at radius 3 is 2.50 bits per heavy atom. The van der Waals surface area contributed by atoms with E-state index in [0.717, 1.165) is 5.56 Å². The third kappa shape index (κ3) is 3.05. The van der Waals surface area contributed by atoms with E-state index in [-0.39, 0.29) is 11.8 Å². The van der Waals surface area contributed by atoms with Gasteiger partial charge in [-0.05, 0) is 48.0 Å². The molecule has 1 atom stereocenters. The van der Waals surface area contributed by atoms with E-state index in [9.17, 15) is 5.11 Å². The number of pyridine rings is 3. The first kappa shape index (κ1) is 16.3. The maximum Gasteiger partial charge on any atom is 0.147 e. The van der Waals surface area contributed by atoms with Gasteiger partial charge < -0.3 is 10.4 Å². The molecule has 0 amide bonds. The number of hydrogen-bond donors (Lipinski definition) is 2. The van der Waals surface area contributed by atoms with Gasteiger partial charge in [0.05, 0.1) is 11.1 Å². The number of rotatable bonds is 4. The first-order valence-electron chi connectivity index (χ1n) is 8.07. The Kier molecular flexibility index (Phi) is 4.37. The fourth-order valence-corrected chi connectivity index (χ4v) is 3.19. The van der Waals surface area contributed by atoms with Crippen LogP contribution in [-0.2, 0) is 0 Å². The SMILES string of the molecule is Oc1c(C(Nc2ccccn2)c2ccncc2)cc(Cl)c2cccnc12. The van der Waals surface area contributed by atoms with Crippen LogP contribution in [0.25, 0.3) is 10.9 Å². The molecule has 0 fully saturated rings. The lowest BCUT2D eigenvalue weighted by atomic mass is 9.97. The van der Waals surface area contributed by atoms with Crippen LogP contribution < -0.4 is 5.32 Å². The molecule has 0 spiro atoms. The van der Waals surface area contributed by atoms with Gasteiger partial charge in [0, 0.05) is 35.7 Å². The third-order valence-corrected chi connectivity index (χ3v) is 4.47. The lowest BCUT2D eigenvalue weighted by Gasteiger charge is -2.22. The van der Waals surface area contributed by atoms with Crippen molar-refractivity contribution in [2.45, 2.75) is 6.04 Å². The number of aromatic hydroxyl groups is 1.